The van der Waals surface area contributed by atoms with Crippen molar-refractivity contribution in [3.05, 3.63) is 0 Å². The molecule has 0 heterocycles. The number of ether oxygens (including phenoxy) is 1. The largest absolute Gasteiger partial charge is 0.414 e. The first kappa shape index (κ1) is 13.8. The SMILES string of the molecule is COC(CC1CCC(CN)CC1)C(F)(F)F. The molecule has 0 spiro atoms. The van der Waals surface area contributed by atoms with Crippen LogP contribution in [0.25, 0.3) is 0 Å². The van der Waals surface area contributed by atoms with Crippen molar-refractivity contribution in [2.24, 2.45) is 17.6 Å². The molecule has 0 radical (unpaired) electrons. The van der Waals surface area contributed by atoms with Gasteiger partial charge < -0.3 is 10.5 Å². The Morgan fingerprint density at radius 2 is 1.69 bits per heavy atom. The second-order valence-corrected chi connectivity index (χ2v) is 4.62. The molecule has 16 heavy (non-hydrogen) atoms. The van der Waals surface area contributed by atoms with Gasteiger partial charge >= 0.3 is 6.18 Å². The van der Waals surface area contributed by atoms with Gasteiger partial charge in [-0.3, -0.25) is 0 Å². The average molecular weight is 239 g/mol. The maximum Gasteiger partial charge on any atom is 0.414 e. The standard InChI is InChI=1S/C11H20F3NO/c1-16-10(11(12,13)14)6-8-2-4-9(7-15)5-3-8/h8-10H,2-7,15H2,1H3. The fraction of sp³-hybridized carbons (Fsp3) is 1.00. The lowest BCUT2D eigenvalue weighted by Gasteiger charge is -2.30. The summed E-state index contributed by atoms with van der Waals surface area (Å²) in [6.45, 7) is 0.652. The zero-order valence-electron chi connectivity index (χ0n) is 9.59. The zero-order valence-corrected chi connectivity index (χ0v) is 9.59. The molecule has 1 fully saturated rings. The number of nitrogens with two attached hydrogens (primary N) is 1. The van der Waals surface area contributed by atoms with Gasteiger partial charge in [0.25, 0.3) is 0 Å². The van der Waals surface area contributed by atoms with Crippen LogP contribution in [0.4, 0.5) is 13.2 Å². The summed E-state index contributed by atoms with van der Waals surface area (Å²) >= 11 is 0. The quantitative estimate of drug-likeness (QED) is 0.818. The fourth-order valence-corrected chi connectivity index (χ4v) is 2.37. The van der Waals surface area contributed by atoms with Gasteiger partial charge in [0.2, 0.25) is 0 Å². The van der Waals surface area contributed by atoms with Crippen molar-refractivity contribution in [3.8, 4) is 0 Å². The Morgan fingerprint density at radius 1 is 1.19 bits per heavy atom. The summed E-state index contributed by atoms with van der Waals surface area (Å²) in [5, 5.41) is 0. The molecule has 1 saturated carbocycles. The third-order valence-electron chi connectivity index (χ3n) is 3.50. The van der Waals surface area contributed by atoms with Gasteiger partial charge in [0.05, 0.1) is 0 Å². The third kappa shape index (κ3) is 3.94. The van der Waals surface area contributed by atoms with Gasteiger partial charge in [0, 0.05) is 7.11 Å². The molecule has 0 bridgehead atoms. The van der Waals surface area contributed by atoms with Crippen molar-refractivity contribution in [2.45, 2.75) is 44.4 Å². The minimum atomic E-state index is -4.24. The lowest BCUT2D eigenvalue weighted by Crippen LogP contribution is -2.34. The van der Waals surface area contributed by atoms with Crippen molar-refractivity contribution in [3.63, 3.8) is 0 Å². The van der Waals surface area contributed by atoms with Gasteiger partial charge in [0.1, 0.15) is 0 Å². The monoisotopic (exact) mass is 239 g/mol. The van der Waals surface area contributed by atoms with Crippen LogP contribution in [-0.4, -0.2) is 25.9 Å². The Labute approximate surface area is 94.3 Å². The van der Waals surface area contributed by atoms with Crippen LogP contribution >= 0.6 is 0 Å². The number of rotatable bonds is 4. The minimum absolute atomic E-state index is 0.0945. The Balaban J connectivity index is 2.37. The highest BCUT2D eigenvalue weighted by Crippen LogP contribution is 2.35. The van der Waals surface area contributed by atoms with Crippen LogP contribution in [0.2, 0.25) is 0 Å². The topological polar surface area (TPSA) is 35.2 Å². The van der Waals surface area contributed by atoms with Gasteiger partial charge in [-0.15, -0.1) is 0 Å². The van der Waals surface area contributed by atoms with Gasteiger partial charge in [0.15, 0.2) is 6.10 Å². The highest BCUT2D eigenvalue weighted by Gasteiger charge is 2.41. The summed E-state index contributed by atoms with van der Waals surface area (Å²) in [4.78, 5) is 0. The summed E-state index contributed by atoms with van der Waals surface area (Å²) < 4.78 is 41.9. The molecule has 1 aliphatic rings. The zero-order chi connectivity index (χ0) is 12.2. The maximum atomic E-state index is 12.5. The lowest BCUT2D eigenvalue weighted by atomic mass is 9.79. The summed E-state index contributed by atoms with van der Waals surface area (Å²) in [6, 6.07) is 0. The van der Waals surface area contributed by atoms with E-state index in [0.29, 0.717) is 12.5 Å². The van der Waals surface area contributed by atoms with E-state index in [1.54, 1.807) is 0 Å². The van der Waals surface area contributed by atoms with Gasteiger partial charge in [-0.05, 0) is 37.6 Å². The first-order valence-corrected chi connectivity index (χ1v) is 5.77. The van der Waals surface area contributed by atoms with Crippen LogP contribution in [0.15, 0.2) is 0 Å². The van der Waals surface area contributed by atoms with Crippen LogP contribution in [0.5, 0.6) is 0 Å². The molecule has 0 aliphatic heterocycles. The predicted octanol–water partition coefficient (Wildman–Crippen LogP) is 2.72. The molecule has 1 aliphatic carbocycles. The Hall–Kier alpha value is -0.290. The summed E-state index contributed by atoms with van der Waals surface area (Å²) in [7, 11) is 1.13. The van der Waals surface area contributed by atoms with Crippen molar-refractivity contribution >= 4 is 0 Å². The van der Waals surface area contributed by atoms with Crippen LogP contribution in [0.1, 0.15) is 32.1 Å². The third-order valence-corrected chi connectivity index (χ3v) is 3.50. The molecule has 2 N–H and O–H groups in total. The number of hydrogen-bond acceptors (Lipinski definition) is 2. The lowest BCUT2D eigenvalue weighted by molar-refractivity contribution is -0.218. The van der Waals surface area contributed by atoms with E-state index in [0.717, 1.165) is 32.8 Å². The molecular formula is C11H20F3NO. The van der Waals surface area contributed by atoms with E-state index in [2.05, 4.69) is 4.74 Å². The minimum Gasteiger partial charge on any atom is -0.372 e. The van der Waals surface area contributed by atoms with E-state index in [-0.39, 0.29) is 12.3 Å². The molecule has 96 valence electrons. The highest BCUT2D eigenvalue weighted by atomic mass is 19.4. The van der Waals surface area contributed by atoms with E-state index in [9.17, 15) is 13.2 Å². The first-order chi connectivity index (χ1) is 7.47. The van der Waals surface area contributed by atoms with Crippen LogP contribution in [0, 0.1) is 11.8 Å². The van der Waals surface area contributed by atoms with Gasteiger partial charge in [-0.25, -0.2) is 0 Å². The van der Waals surface area contributed by atoms with Crippen molar-refractivity contribution in [1.29, 1.82) is 0 Å². The van der Waals surface area contributed by atoms with E-state index in [1.807, 2.05) is 0 Å². The highest BCUT2D eigenvalue weighted by molar-refractivity contribution is 4.78. The fourth-order valence-electron chi connectivity index (χ4n) is 2.37. The maximum absolute atomic E-state index is 12.5. The number of hydrogen-bond donors (Lipinski definition) is 1. The van der Waals surface area contributed by atoms with Crippen LogP contribution in [0.3, 0.4) is 0 Å². The van der Waals surface area contributed by atoms with Gasteiger partial charge in [-0.2, -0.15) is 13.2 Å². The smallest absolute Gasteiger partial charge is 0.372 e. The van der Waals surface area contributed by atoms with Crippen molar-refractivity contribution < 1.29 is 17.9 Å². The molecule has 0 aromatic heterocycles. The average Bonchev–Trinajstić information content (AvgIpc) is 2.25. The number of methoxy groups -OCH3 is 1. The van der Waals surface area contributed by atoms with Crippen LogP contribution in [-0.2, 0) is 4.74 Å². The second kappa shape index (κ2) is 5.87. The molecule has 5 heteroatoms. The second-order valence-electron chi connectivity index (χ2n) is 4.62. The summed E-state index contributed by atoms with van der Waals surface area (Å²) in [6.07, 6.45) is -2.15. The molecule has 2 nitrogen and oxygen atoms in total. The van der Waals surface area contributed by atoms with E-state index in [4.69, 9.17) is 5.73 Å². The van der Waals surface area contributed by atoms with E-state index < -0.39 is 12.3 Å². The number of alkyl halides is 3. The molecular weight excluding hydrogens is 219 g/mol. The van der Waals surface area contributed by atoms with E-state index in [1.165, 1.54) is 0 Å². The van der Waals surface area contributed by atoms with Gasteiger partial charge in [-0.1, -0.05) is 12.8 Å². The predicted molar refractivity (Wildman–Crippen MR) is 56.0 cm³/mol. The Bertz CT molecular complexity index is 200. The van der Waals surface area contributed by atoms with Crippen LogP contribution < -0.4 is 5.73 Å². The first-order valence-electron chi connectivity index (χ1n) is 5.77. The molecule has 0 amide bonds. The van der Waals surface area contributed by atoms with Crippen molar-refractivity contribution in [2.75, 3.05) is 13.7 Å². The normalized spacial score (nSPS) is 29.1. The Morgan fingerprint density at radius 3 is 2.06 bits per heavy atom. The van der Waals surface area contributed by atoms with Crippen molar-refractivity contribution in [1.82, 2.24) is 0 Å². The summed E-state index contributed by atoms with van der Waals surface area (Å²) in [5.41, 5.74) is 5.54. The Kier molecular flexibility index (Phi) is 5.05. The molecule has 1 unspecified atom stereocenters. The molecule has 1 rings (SSSR count). The van der Waals surface area contributed by atoms with E-state index >= 15 is 0 Å². The molecule has 0 saturated heterocycles. The number of halogens is 3. The summed E-state index contributed by atoms with van der Waals surface area (Å²) in [5.74, 6) is 0.637. The molecule has 0 aromatic rings. The molecule has 1 atom stereocenters. The molecule has 0 aromatic carbocycles.